The van der Waals surface area contributed by atoms with Gasteiger partial charge in [0.25, 0.3) is 0 Å². The molecule has 2 aliphatic heterocycles. The Morgan fingerprint density at radius 2 is 1.82 bits per heavy atom. The molecule has 1 saturated heterocycles. The number of sulfonamides is 1. The van der Waals surface area contributed by atoms with Crippen molar-refractivity contribution in [2.24, 2.45) is 4.99 Å². The fraction of sp³-hybridized carbons (Fsp3) is 0.900. The lowest BCUT2D eigenvalue weighted by Gasteiger charge is -2.34. The summed E-state index contributed by atoms with van der Waals surface area (Å²) in [6.07, 6.45) is 1.27. The van der Waals surface area contributed by atoms with Crippen LogP contribution in [0.3, 0.4) is 0 Å². The molecule has 0 atom stereocenters. The third-order valence-electron chi connectivity index (χ3n) is 2.94. The number of aliphatic imine (C=N–C) groups is 1. The molecule has 0 aromatic carbocycles. The zero-order valence-corrected chi connectivity index (χ0v) is 12.1. The van der Waals surface area contributed by atoms with Gasteiger partial charge in [-0.2, -0.15) is 4.31 Å². The Kier molecular flexibility index (Phi) is 3.44. The van der Waals surface area contributed by atoms with Crippen LogP contribution in [0.25, 0.3) is 0 Å². The van der Waals surface area contributed by atoms with E-state index in [1.807, 2.05) is 0 Å². The second-order valence-electron chi connectivity index (χ2n) is 5.11. The third kappa shape index (κ3) is 3.14. The van der Waals surface area contributed by atoms with Gasteiger partial charge < -0.3 is 4.90 Å². The van der Waals surface area contributed by atoms with Crippen molar-refractivity contribution in [2.75, 3.05) is 39.0 Å². The summed E-state index contributed by atoms with van der Waals surface area (Å²) in [5, 5.41) is 1.07. The van der Waals surface area contributed by atoms with Crippen LogP contribution in [0.4, 0.5) is 0 Å². The highest BCUT2D eigenvalue weighted by Crippen LogP contribution is 2.33. The molecule has 0 aliphatic carbocycles. The van der Waals surface area contributed by atoms with E-state index < -0.39 is 10.0 Å². The van der Waals surface area contributed by atoms with E-state index in [1.165, 1.54) is 10.6 Å². The smallest absolute Gasteiger partial charge is 0.211 e. The van der Waals surface area contributed by atoms with Crippen molar-refractivity contribution < 1.29 is 8.42 Å². The summed E-state index contributed by atoms with van der Waals surface area (Å²) in [6.45, 7) is 7.84. The molecule has 0 aromatic heterocycles. The van der Waals surface area contributed by atoms with Gasteiger partial charge in [0.15, 0.2) is 5.17 Å². The van der Waals surface area contributed by atoms with Crippen LogP contribution in [0.1, 0.15) is 13.8 Å². The van der Waals surface area contributed by atoms with Gasteiger partial charge in [0, 0.05) is 30.9 Å². The minimum atomic E-state index is -3.04. The molecule has 2 heterocycles. The number of amidine groups is 1. The van der Waals surface area contributed by atoms with Crippen LogP contribution in [-0.4, -0.2) is 66.5 Å². The molecule has 1 fully saturated rings. The molecule has 0 aromatic rings. The summed E-state index contributed by atoms with van der Waals surface area (Å²) in [5.41, 5.74) is 0. The van der Waals surface area contributed by atoms with Crippen molar-refractivity contribution in [3.05, 3.63) is 0 Å². The number of hydrogen-bond donors (Lipinski definition) is 0. The van der Waals surface area contributed by atoms with Gasteiger partial charge in [0.1, 0.15) is 0 Å². The first-order valence-electron chi connectivity index (χ1n) is 5.71. The molecule has 0 N–H and O–H groups in total. The largest absolute Gasteiger partial charge is 0.349 e. The Hall–Kier alpha value is -0.270. The number of thioether (sulfide) groups is 1. The van der Waals surface area contributed by atoms with Crippen LogP contribution in [0.2, 0.25) is 0 Å². The molecule has 2 rings (SSSR count). The van der Waals surface area contributed by atoms with Crippen LogP contribution in [0.5, 0.6) is 0 Å². The molecule has 0 amide bonds. The second-order valence-corrected chi connectivity index (χ2v) is 8.77. The van der Waals surface area contributed by atoms with E-state index in [0.717, 1.165) is 24.8 Å². The van der Waals surface area contributed by atoms with Crippen LogP contribution in [0, 0.1) is 0 Å². The standard InChI is InChI=1S/C10H19N3O2S2/c1-10(2)8-11-9(16-10)12-4-6-13(7-5-12)17(3,14)15/h4-8H2,1-3H3. The van der Waals surface area contributed by atoms with E-state index in [1.54, 1.807) is 11.8 Å². The number of nitrogens with zero attached hydrogens (tertiary/aromatic N) is 3. The predicted octanol–water partition coefficient (Wildman–Crippen LogP) is 0.445. The number of piperazine rings is 1. The molecule has 5 nitrogen and oxygen atoms in total. The van der Waals surface area contributed by atoms with Gasteiger partial charge in [0.2, 0.25) is 10.0 Å². The molecule has 0 spiro atoms. The molecule has 98 valence electrons. The Morgan fingerprint density at radius 3 is 2.24 bits per heavy atom. The van der Waals surface area contributed by atoms with Gasteiger partial charge in [-0.25, -0.2) is 8.42 Å². The Morgan fingerprint density at radius 1 is 1.24 bits per heavy atom. The molecular formula is C10H19N3O2S2. The van der Waals surface area contributed by atoms with Gasteiger partial charge in [-0.1, -0.05) is 11.8 Å². The van der Waals surface area contributed by atoms with Gasteiger partial charge >= 0.3 is 0 Å². The number of hydrogen-bond acceptors (Lipinski definition) is 5. The topological polar surface area (TPSA) is 53.0 Å². The Balaban J connectivity index is 1.93. The molecule has 0 saturated carbocycles. The summed E-state index contributed by atoms with van der Waals surface area (Å²) in [4.78, 5) is 6.73. The summed E-state index contributed by atoms with van der Waals surface area (Å²) in [5.74, 6) is 0. The first kappa shape index (κ1) is 13.2. The van der Waals surface area contributed by atoms with E-state index >= 15 is 0 Å². The first-order chi connectivity index (χ1) is 7.78. The SMILES string of the molecule is CC1(C)CN=C(N2CCN(S(C)(=O)=O)CC2)S1. The maximum absolute atomic E-state index is 11.4. The monoisotopic (exact) mass is 277 g/mol. The number of rotatable bonds is 1. The van der Waals surface area contributed by atoms with Crippen molar-refractivity contribution in [1.82, 2.24) is 9.21 Å². The van der Waals surface area contributed by atoms with E-state index in [4.69, 9.17) is 0 Å². The molecule has 0 unspecified atom stereocenters. The zero-order valence-electron chi connectivity index (χ0n) is 10.5. The summed E-state index contributed by atoms with van der Waals surface area (Å²) < 4.78 is 24.5. The van der Waals surface area contributed by atoms with Gasteiger partial charge in [-0.05, 0) is 13.8 Å². The average Bonchev–Trinajstić information content (AvgIpc) is 2.58. The molecule has 2 aliphatic rings. The van der Waals surface area contributed by atoms with Gasteiger partial charge in [0.05, 0.1) is 12.8 Å². The van der Waals surface area contributed by atoms with Crippen LogP contribution in [-0.2, 0) is 10.0 Å². The van der Waals surface area contributed by atoms with Crippen molar-refractivity contribution >= 4 is 27.0 Å². The normalized spacial score (nSPS) is 26.1. The Bertz CT molecular complexity index is 423. The Labute approximate surface area is 107 Å². The maximum atomic E-state index is 11.4. The molecule has 0 radical (unpaired) electrons. The van der Waals surface area contributed by atoms with Crippen molar-refractivity contribution in [1.29, 1.82) is 0 Å². The molecule has 0 bridgehead atoms. The van der Waals surface area contributed by atoms with E-state index in [9.17, 15) is 8.42 Å². The summed E-state index contributed by atoms with van der Waals surface area (Å²) in [7, 11) is -3.04. The highest BCUT2D eigenvalue weighted by molar-refractivity contribution is 8.15. The minimum absolute atomic E-state index is 0.184. The third-order valence-corrected chi connectivity index (χ3v) is 5.50. The lowest BCUT2D eigenvalue weighted by molar-refractivity contribution is 0.270. The van der Waals surface area contributed by atoms with E-state index in [-0.39, 0.29) is 4.75 Å². The molecular weight excluding hydrogens is 258 g/mol. The second kappa shape index (κ2) is 4.44. The quantitative estimate of drug-likeness (QED) is 0.698. The van der Waals surface area contributed by atoms with Crippen molar-refractivity contribution in [3.63, 3.8) is 0 Å². The minimum Gasteiger partial charge on any atom is -0.349 e. The van der Waals surface area contributed by atoms with Crippen LogP contribution in [0.15, 0.2) is 4.99 Å². The summed E-state index contributed by atoms with van der Waals surface area (Å²) >= 11 is 1.79. The van der Waals surface area contributed by atoms with Crippen molar-refractivity contribution in [3.8, 4) is 0 Å². The average molecular weight is 277 g/mol. The van der Waals surface area contributed by atoms with Gasteiger partial charge in [-0.15, -0.1) is 0 Å². The lowest BCUT2D eigenvalue weighted by atomic mass is 10.2. The fourth-order valence-corrected chi connectivity index (χ4v) is 3.84. The van der Waals surface area contributed by atoms with E-state index in [0.29, 0.717) is 13.1 Å². The van der Waals surface area contributed by atoms with E-state index in [2.05, 4.69) is 23.7 Å². The van der Waals surface area contributed by atoms with Gasteiger partial charge in [-0.3, -0.25) is 4.99 Å². The van der Waals surface area contributed by atoms with Crippen molar-refractivity contribution in [2.45, 2.75) is 18.6 Å². The predicted molar refractivity (Wildman–Crippen MR) is 72.0 cm³/mol. The van der Waals surface area contributed by atoms with Crippen LogP contribution < -0.4 is 0 Å². The highest BCUT2D eigenvalue weighted by atomic mass is 32.2. The summed E-state index contributed by atoms with van der Waals surface area (Å²) in [6, 6.07) is 0. The van der Waals surface area contributed by atoms with Crippen LogP contribution >= 0.6 is 11.8 Å². The fourth-order valence-electron chi connectivity index (χ4n) is 1.95. The zero-order chi connectivity index (χ0) is 12.7. The maximum Gasteiger partial charge on any atom is 0.211 e. The molecule has 17 heavy (non-hydrogen) atoms. The highest BCUT2D eigenvalue weighted by Gasteiger charge is 2.32. The first-order valence-corrected chi connectivity index (χ1v) is 8.38. The lowest BCUT2D eigenvalue weighted by Crippen LogP contribution is -2.49. The molecule has 7 heteroatoms.